The molecule has 0 saturated heterocycles. The van der Waals surface area contributed by atoms with Crippen molar-refractivity contribution >= 4 is 8.60 Å². The van der Waals surface area contributed by atoms with Gasteiger partial charge in [-0.3, -0.25) is 0 Å². The first-order chi connectivity index (χ1) is 51.6. The van der Waals surface area contributed by atoms with Gasteiger partial charge in [0.1, 0.15) is 0 Å². The van der Waals surface area contributed by atoms with Gasteiger partial charge < -0.3 is 13.6 Å². The average molecular weight is 1460 g/mol. The minimum absolute atomic E-state index is 0.122. The van der Waals surface area contributed by atoms with Crippen molar-refractivity contribution in [1.82, 2.24) is 0 Å². The van der Waals surface area contributed by atoms with Crippen LogP contribution in [0.3, 0.4) is 0 Å². The van der Waals surface area contributed by atoms with Gasteiger partial charge in [0.15, 0.2) is 0 Å². The fraction of sp³-hybridized carbons (Fsp3) is 0.647. The van der Waals surface area contributed by atoms with Crippen molar-refractivity contribution in [2.75, 3.05) is 0 Å². The Morgan fingerprint density at radius 3 is 0.443 bits per heavy atom. The molecule has 6 rings (SSSR count). The Balaban J connectivity index is 1.45. The van der Waals surface area contributed by atoms with Gasteiger partial charge in [0.25, 0.3) is 0 Å². The standard InChI is InChI=1S/C102H159O3P/c1-13-19-25-31-37-43-49-55-85-61-73-91(74-62-85)97(92-75-63-86(64-76-92)56-50-44-38-32-26-20-14-2)100(7,8)103-106(104-101(9,10)98(93-77-65-87(66-78-93)57-51-45-39-33-27-21-15-3)94-79-67-88(68-80-94)58-52-46-40-34-28-22-16-4)105-102(11,12)99(95-81-69-89(70-82-95)59-53-47-41-35-29-23-17-5)96-83-71-90(72-84-96)60-54-48-42-36-30-24-18-6/h61-84,97-99H,13-60H2,1-12H3. The van der Waals surface area contributed by atoms with Crippen molar-refractivity contribution in [3.63, 3.8) is 0 Å². The second-order valence-electron chi connectivity index (χ2n) is 34.3. The highest BCUT2D eigenvalue weighted by Crippen LogP contribution is 2.58. The molecule has 0 fully saturated rings. The highest BCUT2D eigenvalue weighted by molar-refractivity contribution is 7.41. The first-order valence-corrected chi connectivity index (χ1v) is 46.1. The Bertz CT molecular complexity index is 2560. The van der Waals surface area contributed by atoms with Crippen molar-refractivity contribution in [3.05, 3.63) is 212 Å². The third-order valence-corrected chi connectivity index (χ3v) is 25.2. The average Bonchev–Trinajstić information content (AvgIpc) is 0.771. The zero-order chi connectivity index (χ0) is 75.8. The molecule has 0 aliphatic rings. The Morgan fingerprint density at radius 2 is 0.311 bits per heavy atom. The summed E-state index contributed by atoms with van der Waals surface area (Å²) in [6, 6.07) is 58.1. The Hall–Kier alpha value is -4.37. The molecular formula is C102H159O3P. The minimum atomic E-state index is -2.10. The zero-order valence-corrected chi connectivity index (χ0v) is 71.6. The van der Waals surface area contributed by atoms with E-state index in [-0.39, 0.29) is 17.8 Å². The van der Waals surface area contributed by atoms with Crippen LogP contribution in [-0.2, 0) is 52.1 Å². The molecule has 0 radical (unpaired) electrons. The lowest BCUT2D eigenvalue weighted by molar-refractivity contribution is -0.0275. The summed E-state index contributed by atoms with van der Waals surface area (Å²) in [5, 5.41) is 0. The molecule has 0 aliphatic heterocycles. The van der Waals surface area contributed by atoms with E-state index < -0.39 is 25.4 Å². The summed E-state index contributed by atoms with van der Waals surface area (Å²) in [6.07, 6.45) is 62.0. The SMILES string of the molecule is CCCCCCCCCc1ccc(C(c2ccc(CCCCCCCCC)cc2)C(C)(C)OP(OC(C)(C)C(c2ccc(CCCCCCCCC)cc2)c2ccc(CCCCCCCCC)cc2)OC(C)(C)C(c2ccc(CCCCCCCCC)cc2)c2ccc(CCCCCCCCC)cc2)cc1. The van der Waals surface area contributed by atoms with Crippen molar-refractivity contribution in [2.45, 2.75) is 426 Å². The summed E-state index contributed by atoms with van der Waals surface area (Å²) in [7, 11) is -2.10. The van der Waals surface area contributed by atoms with Crippen molar-refractivity contribution in [3.8, 4) is 0 Å². The molecule has 0 amide bonds. The molecule has 0 bridgehead atoms. The molecular weight excluding hydrogens is 1300 g/mol. The molecule has 0 heterocycles. The van der Waals surface area contributed by atoms with Crippen LogP contribution in [0.4, 0.5) is 0 Å². The molecule has 0 saturated carbocycles. The predicted octanol–water partition coefficient (Wildman–Crippen LogP) is 32.9. The second-order valence-corrected chi connectivity index (χ2v) is 35.3. The maximum absolute atomic E-state index is 8.06. The monoisotopic (exact) mass is 1460 g/mol. The first kappa shape index (κ1) is 90.5. The van der Waals surface area contributed by atoms with E-state index in [0.29, 0.717) is 0 Å². The predicted molar refractivity (Wildman–Crippen MR) is 467 cm³/mol. The van der Waals surface area contributed by atoms with Crippen molar-refractivity contribution < 1.29 is 13.6 Å². The molecule has 0 unspecified atom stereocenters. The second kappa shape index (κ2) is 53.5. The summed E-state index contributed by atoms with van der Waals surface area (Å²) in [5.74, 6) is -0.366. The number of benzene rings is 6. The lowest BCUT2D eigenvalue weighted by Crippen LogP contribution is -2.39. The van der Waals surface area contributed by atoms with Crippen LogP contribution in [0, 0.1) is 0 Å². The van der Waals surface area contributed by atoms with Crippen LogP contribution in [0.5, 0.6) is 0 Å². The summed E-state index contributed by atoms with van der Waals surface area (Å²) < 4.78 is 24.2. The maximum atomic E-state index is 8.06. The number of hydrogen-bond donors (Lipinski definition) is 0. The Labute approximate surface area is 656 Å². The van der Waals surface area contributed by atoms with Crippen LogP contribution in [0.15, 0.2) is 146 Å². The quantitative estimate of drug-likeness (QED) is 0.0281. The van der Waals surface area contributed by atoms with Crippen LogP contribution < -0.4 is 0 Å². The van der Waals surface area contributed by atoms with Crippen molar-refractivity contribution in [2.24, 2.45) is 0 Å². The number of unbranched alkanes of at least 4 members (excludes halogenated alkanes) is 36. The Kier molecular flexibility index (Phi) is 45.7. The lowest BCUT2D eigenvalue weighted by atomic mass is 9.79. The van der Waals surface area contributed by atoms with E-state index in [4.69, 9.17) is 13.6 Å². The van der Waals surface area contributed by atoms with Gasteiger partial charge in [0.05, 0.1) is 16.8 Å². The van der Waals surface area contributed by atoms with E-state index in [1.165, 1.54) is 336 Å². The van der Waals surface area contributed by atoms with E-state index in [0.717, 1.165) is 38.5 Å². The summed E-state index contributed by atoms with van der Waals surface area (Å²) >= 11 is 0. The number of rotatable bonds is 63. The molecule has 6 aromatic rings. The van der Waals surface area contributed by atoms with Gasteiger partial charge in [-0.05, 0) is 185 Å². The summed E-state index contributed by atoms with van der Waals surface area (Å²) in [6.45, 7) is 27.9. The molecule has 4 heteroatoms. The largest absolute Gasteiger partial charge is 0.334 e. The molecule has 0 aliphatic carbocycles. The first-order valence-electron chi connectivity index (χ1n) is 45.1. The minimum Gasteiger partial charge on any atom is -0.305 e. The van der Waals surface area contributed by atoms with Gasteiger partial charge in [0, 0.05) is 17.8 Å². The topological polar surface area (TPSA) is 27.7 Å². The third kappa shape index (κ3) is 34.9. The fourth-order valence-corrected chi connectivity index (χ4v) is 18.3. The molecule has 0 N–H and O–H groups in total. The lowest BCUT2D eigenvalue weighted by Gasteiger charge is -2.44. The maximum Gasteiger partial charge on any atom is 0.334 e. The van der Waals surface area contributed by atoms with Crippen LogP contribution >= 0.6 is 8.60 Å². The Morgan fingerprint density at radius 1 is 0.189 bits per heavy atom. The highest BCUT2D eigenvalue weighted by atomic mass is 31.2. The molecule has 3 nitrogen and oxygen atoms in total. The van der Waals surface area contributed by atoms with E-state index in [1.807, 2.05) is 0 Å². The summed E-state index contributed by atoms with van der Waals surface area (Å²) in [4.78, 5) is 0. The van der Waals surface area contributed by atoms with E-state index in [9.17, 15) is 0 Å². The zero-order valence-electron chi connectivity index (χ0n) is 70.7. The van der Waals surface area contributed by atoms with Crippen LogP contribution in [0.1, 0.15) is 437 Å². The number of hydrogen-bond acceptors (Lipinski definition) is 3. The van der Waals surface area contributed by atoms with Crippen LogP contribution in [-0.4, -0.2) is 16.8 Å². The van der Waals surface area contributed by atoms with Crippen LogP contribution in [0.2, 0.25) is 0 Å². The van der Waals surface area contributed by atoms with Gasteiger partial charge in [0.2, 0.25) is 0 Å². The molecule has 590 valence electrons. The molecule has 0 aromatic heterocycles. The van der Waals surface area contributed by atoms with Gasteiger partial charge in [-0.2, -0.15) is 0 Å². The van der Waals surface area contributed by atoms with Crippen molar-refractivity contribution in [1.29, 1.82) is 0 Å². The molecule has 0 spiro atoms. The normalized spacial score (nSPS) is 12.3. The molecule has 106 heavy (non-hydrogen) atoms. The van der Waals surface area contributed by atoms with Gasteiger partial charge in [-0.25, -0.2) is 0 Å². The fourth-order valence-electron chi connectivity index (χ4n) is 16.8. The van der Waals surface area contributed by atoms with Gasteiger partial charge in [-0.15, -0.1) is 0 Å². The van der Waals surface area contributed by atoms with Gasteiger partial charge in [-0.1, -0.05) is 418 Å². The molecule has 0 atom stereocenters. The van der Waals surface area contributed by atoms with Gasteiger partial charge >= 0.3 is 8.60 Å². The number of aryl methyl sites for hydroxylation is 6. The smallest absolute Gasteiger partial charge is 0.305 e. The highest BCUT2D eigenvalue weighted by Gasteiger charge is 2.46. The molecule has 6 aromatic carbocycles. The van der Waals surface area contributed by atoms with Crippen LogP contribution in [0.25, 0.3) is 0 Å². The van der Waals surface area contributed by atoms with E-state index in [2.05, 4.69) is 229 Å². The van der Waals surface area contributed by atoms with E-state index >= 15 is 0 Å². The third-order valence-electron chi connectivity index (χ3n) is 23.3. The summed E-state index contributed by atoms with van der Waals surface area (Å²) in [5.41, 5.74) is 13.7. The van der Waals surface area contributed by atoms with E-state index in [1.54, 1.807) is 0 Å².